The van der Waals surface area contributed by atoms with Crippen molar-refractivity contribution in [1.29, 1.82) is 0 Å². The maximum atomic E-state index is 13.6. The standard InChI is InChI=1S/C21H24F2N2O2/c1-15-5-7-16(8-6-15)21(27)9-12-25(13-10-21)14-11-24-20(26)19-17(22)3-2-4-18(19)23/h2-8,27H,9-14H2,1H3,(H,24,26). The van der Waals surface area contributed by atoms with Crippen molar-refractivity contribution in [3.8, 4) is 0 Å². The summed E-state index contributed by atoms with van der Waals surface area (Å²) < 4.78 is 27.2. The first kappa shape index (κ1) is 19.5. The number of hydrogen-bond donors (Lipinski definition) is 2. The highest BCUT2D eigenvalue weighted by atomic mass is 19.1. The summed E-state index contributed by atoms with van der Waals surface area (Å²) in [6.45, 7) is 4.24. The van der Waals surface area contributed by atoms with Crippen LogP contribution in [-0.4, -0.2) is 42.1 Å². The highest BCUT2D eigenvalue weighted by molar-refractivity contribution is 5.94. The minimum Gasteiger partial charge on any atom is -0.385 e. The Bertz CT molecular complexity index is 780. The maximum Gasteiger partial charge on any atom is 0.257 e. The van der Waals surface area contributed by atoms with Crippen molar-refractivity contribution >= 4 is 5.91 Å². The second kappa shape index (κ2) is 8.15. The average molecular weight is 374 g/mol. The van der Waals surface area contributed by atoms with Crippen molar-refractivity contribution in [2.75, 3.05) is 26.2 Å². The smallest absolute Gasteiger partial charge is 0.257 e. The Kier molecular flexibility index (Phi) is 5.87. The van der Waals surface area contributed by atoms with Crippen LogP contribution in [0.4, 0.5) is 8.78 Å². The third-order valence-electron chi connectivity index (χ3n) is 5.18. The SMILES string of the molecule is Cc1ccc(C2(O)CCN(CCNC(=O)c3c(F)cccc3F)CC2)cc1. The molecule has 1 fully saturated rings. The molecule has 3 rings (SSSR count). The van der Waals surface area contributed by atoms with Crippen LogP contribution in [0.5, 0.6) is 0 Å². The Hall–Kier alpha value is -2.31. The van der Waals surface area contributed by atoms with E-state index >= 15 is 0 Å². The van der Waals surface area contributed by atoms with E-state index in [-0.39, 0.29) is 6.54 Å². The van der Waals surface area contributed by atoms with Crippen molar-refractivity contribution in [1.82, 2.24) is 10.2 Å². The van der Waals surface area contributed by atoms with Crippen LogP contribution in [0.25, 0.3) is 0 Å². The molecule has 6 heteroatoms. The van der Waals surface area contributed by atoms with Gasteiger partial charge < -0.3 is 15.3 Å². The zero-order valence-corrected chi connectivity index (χ0v) is 15.3. The topological polar surface area (TPSA) is 52.6 Å². The van der Waals surface area contributed by atoms with Gasteiger partial charge in [-0.25, -0.2) is 8.78 Å². The highest BCUT2D eigenvalue weighted by Crippen LogP contribution is 2.32. The van der Waals surface area contributed by atoms with E-state index in [9.17, 15) is 18.7 Å². The minimum absolute atomic E-state index is 0.287. The van der Waals surface area contributed by atoms with Gasteiger partial charge in [0.25, 0.3) is 5.91 Å². The fourth-order valence-electron chi connectivity index (χ4n) is 3.43. The zero-order valence-electron chi connectivity index (χ0n) is 15.3. The van der Waals surface area contributed by atoms with Crippen LogP contribution in [-0.2, 0) is 5.60 Å². The van der Waals surface area contributed by atoms with Gasteiger partial charge in [-0.05, 0) is 37.5 Å². The zero-order chi connectivity index (χ0) is 19.4. The van der Waals surface area contributed by atoms with Gasteiger partial charge in [-0.2, -0.15) is 0 Å². The molecular formula is C21H24F2N2O2. The van der Waals surface area contributed by atoms with Gasteiger partial charge in [-0.3, -0.25) is 4.79 Å². The number of halogens is 2. The van der Waals surface area contributed by atoms with Crippen molar-refractivity contribution in [2.45, 2.75) is 25.4 Å². The van der Waals surface area contributed by atoms with Crippen LogP contribution < -0.4 is 5.32 Å². The van der Waals surface area contributed by atoms with E-state index < -0.39 is 28.7 Å². The molecule has 4 nitrogen and oxygen atoms in total. The van der Waals surface area contributed by atoms with E-state index in [1.165, 1.54) is 6.07 Å². The number of rotatable bonds is 5. The first-order valence-corrected chi connectivity index (χ1v) is 9.13. The Morgan fingerprint density at radius 1 is 1.11 bits per heavy atom. The second-order valence-corrected chi connectivity index (χ2v) is 7.09. The number of nitrogens with zero attached hydrogens (tertiary/aromatic N) is 1. The molecule has 27 heavy (non-hydrogen) atoms. The quantitative estimate of drug-likeness (QED) is 0.846. The molecule has 1 amide bonds. The summed E-state index contributed by atoms with van der Waals surface area (Å²) in [5.74, 6) is -2.49. The van der Waals surface area contributed by atoms with Crippen LogP contribution >= 0.6 is 0 Å². The van der Waals surface area contributed by atoms with E-state index in [0.717, 1.165) is 23.3 Å². The van der Waals surface area contributed by atoms with E-state index in [1.807, 2.05) is 31.2 Å². The largest absolute Gasteiger partial charge is 0.385 e. The summed E-state index contributed by atoms with van der Waals surface area (Å²) in [5.41, 5.74) is 0.701. The molecule has 0 spiro atoms. The predicted molar refractivity (Wildman–Crippen MR) is 99.4 cm³/mol. The number of aliphatic hydroxyl groups is 1. The number of hydrogen-bond acceptors (Lipinski definition) is 3. The van der Waals surface area contributed by atoms with Gasteiger partial charge >= 0.3 is 0 Å². The maximum absolute atomic E-state index is 13.6. The van der Waals surface area contributed by atoms with Crippen LogP contribution in [0.3, 0.4) is 0 Å². The van der Waals surface area contributed by atoms with Gasteiger partial charge in [0.2, 0.25) is 0 Å². The molecule has 0 radical (unpaired) electrons. The number of carbonyl (C=O) groups excluding carboxylic acids is 1. The highest BCUT2D eigenvalue weighted by Gasteiger charge is 2.33. The third-order valence-corrected chi connectivity index (χ3v) is 5.18. The van der Waals surface area contributed by atoms with Crippen LogP contribution in [0.15, 0.2) is 42.5 Å². The Balaban J connectivity index is 1.48. The lowest BCUT2D eigenvalue weighted by molar-refractivity contribution is -0.0255. The number of carbonyl (C=O) groups is 1. The van der Waals surface area contributed by atoms with Gasteiger partial charge in [0.15, 0.2) is 0 Å². The summed E-state index contributed by atoms with van der Waals surface area (Å²) in [6.07, 6.45) is 1.21. The summed E-state index contributed by atoms with van der Waals surface area (Å²) >= 11 is 0. The lowest BCUT2D eigenvalue weighted by Gasteiger charge is -2.38. The van der Waals surface area contributed by atoms with E-state index in [2.05, 4.69) is 10.2 Å². The molecule has 0 aliphatic carbocycles. The molecule has 1 saturated heterocycles. The second-order valence-electron chi connectivity index (χ2n) is 7.09. The van der Waals surface area contributed by atoms with Crippen LogP contribution in [0.2, 0.25) is 0 Å². The van der Waals surface area contributed by atoms with E-state index in [0.29, 0.717) is 32.5 Å². The van der Waals surface area contributed by atoms with Gasteiger partial charge in [-0.15, -0.1) is 0 Å². The lowest BCUT2D eigenvalue weighted by atomic mass is 9.84. The molecule has 0 atom stereocenters. The third kappa shape index (κ3) is 4.51. The first-order chi connectivity index (χ1) is 12.9. The fourth-order valence-corrected chi connectivity index (χ4v) is 3.43. The molecule has 0 aromatic heterocycles. The van der Waals surface area contributed by atoms with Crippen LogP contribution in [0.1, 0.15) is 34.3 Å². The first-order valence-electron chi connectivity index (χ1n) is 9.13. The molecule has 1 aliphatic rings. The van der Waals surface area contributed by atoms with Gasteiger partial charge in [0.1, 0.15) is 17.2 Å². The molecular weight excluding hydrogens is 350 g/mol. The molecule has 1 aliphatic heterocycles. The Morgan fingerprint density at radius 2 is 1.70 bits per heavy atom. The molecule has 144 valence electrons. The Morgan fingerprint density at radius 3 is 2.30 bits per heavy atom. The molecule has 0 saturated carbocycles. The van der Waals surface area contributed by atoms with Crippen molar-refractivity contribution in [3.05, 3.63) is 70.8 Å². The molecule has 2 aromatic carbocycles. The van der Waals surface area contributed by atoms with E-state index in [4.69, 9.17) is 0 Å². The molecule has 0 bridgehead atoms. The minimum atomic E-state index is -0.867. The van der Waals surface area contributed by atoms with Crippen molar-refractivity contribution in [2.24, 2.45) is 0 Å². The van der Waals surface area contributed by atoms with Crippen molar-refractivity contribution < 1.29 is 18.7 Å². The molecule has 0 unspecified atom stereocenters. The number of benzene rings is 2. The molecule has 1 heterocycles. The van der Waals surface area contributed by atoms with Gasteiger partial charge in [0.05, 0.1) is 5.60 Å². The van der Waals surface area contributed by atoms with Gasteiger partial charge in [-0.1, -0.05) is 35.9 Å². The Labute approximate surface area is 157 Å². The molecule has 2 aromatic rings. The summed E-state index contributed by atoms with van der Waals surface area (Å²) in [7, 11) is 0. The summed E-state index contributed by atoms with van der Waals surface area (Å²) in [6, 6.07) is 11.3. The normalized spacial score (nSPS) is 16.9. The number of nitrogens with one attached hydrogen (secondary N) is 1. The number of aryl methyl sites for hydroxylation is 1. The fraction of sp³-hybridized carbons (Fsp3) is 0.381. The number of amides is 1. The predicted octanol–water partition coefficient (Wildman–Crippen LogP) is 2.99. The number of piperidine rings is 1. The summed E-state index contributed by atoms with van der Waals surface area (Å²) in [5, 5.41) is 13.5. The lowest BCUT2D eigenvalue weighted by Crippen LogP contribution is -2.45. The van der Waals surface area contributed by atoms with Crippen molar-refractivity contribution in [3.63, 3.8) is 0 Å². The average Bonchev–Trinajstić information content (AvgIpc) is 2.64. The number of likely N-dealkylation sites (tertiary alicyclic amines) is 1. The summed E-state index contributed by atoms with van der Waals surface area (Å²) in [4.78, 5) is 14.1. The molecule has 2 N–H and O–H groups in total. The monoisotopic (exact) mass is 374 g/mol. The van der Waals surface area contributed by atoms with Gasteiger partial charge in [0, 0.05) is 26.2 Å². The van der Waals surface area contributed by atoms with E-state index in [1.54, 1.807) is 0 Å². The van der Waals surface area contributed by atoms with Crippen LogP contribution in [0, 0.1) is 18.6 Å².